The lowest BCUT2D eigenvalue weighted by atomic mass is 10.1. The van der Waals surface area contributed by atoms with Gasteiger partial charge >= 0.3 is 0 Å². The van der Waals surface area contributed by atoms with E-state index in [4.69, 9.17) is 4.74 Å². The summed E-state index contributed by atoms with van der Waals surface area (Å²) in [6.45, 7) is 3.65. The van der Waals surface area contributed by atoms with Crippen molar-refractivity contribution >= 4 is 22.9 Å². The van der Waals surface area contributed by atoms with Crippen LogP contribution in [0.4, 0.5) is 11.4 Å². The summed E-state index contributed by atoms with van der Waals surface area (Å²) in [5.41, 5.74) is 4.57. The van der Waals surface area contributed by atoms with Gasteiger partial charge in [-0.25, -0.2) is 9.50 Å². The van der Waals surface area contributed by atoms with Gasteiger partial charge in [-0.2, -0.15) is 5.10 Å². The minimum absolute atomic E-state index is 0.253. The van der Waals surface area contributed by atoms with Gasteiger partial charge in [0.1, 0.15) is 11.4 Å². The second kappa shape index (κ2) is 8.68. The fourth-order valence-corrected chi connectivity index (χ4v) is 3.92. The average molecular weight is 428 g/mol. The largest absolute Gasteiger partial charge is 0.497 e. The smallest absolute Gasteiger partial charge is 0.274 e. The molecule has 1 amide bonds. The quantitative estimate of drug-likeness (QED) is 0.508. The molecule has 0 atom stereocenters. The summed E-state index contributed by atoms with van der Waals surface area (Å²) in [5, 5.41) is 10.8. The van der Waals surface area contributed by atoms with E-state index in [1.165, 1.54) is 0 Å². The summed E-state index contributed by atoms with van der Waals surface area (Å²) in [4.78, 5) is 20.0. The topological polar surface area (TPSA) is 83.8 Å². The number of anilines is 2. The number of fused-ring (bicyclic) bond motifs is 1. The van der Waals surface area contributed by atoms with Crippen molar-refractivity contribution in [3.05, 3.63) is 72.7 Å². The number of carbonyl (C=O) groups is 1. The lowest BCUT2D eigenvalue weighted by molar-refractivity contribution is 0.102. The molecule has 8 heteroatoms. The van der Waals surface area contributed by atoms with E-state index in [0.29, 0.717) is 11.3 Å². The Labute approximate surface area is 185 Å². The predicted molar refractivity (Wildman–Crippen MR) is 124 cm³/mol. The molecule has 0 saturated carbocycles. The lowest BCUT2D eigenvalue weighted by Gasteiger charge is -2.31. The van der Waals surface area contributed by atoms with Crippen LogP contribution < -0.4 is 20.3 Å². The lowest BCUT2D eigenvalue weighted by Crippen LogP contribution is -2.43. The molecule has 4 aromatic rings. The maximum Gasteiger partial charge on any atom is 0.274 e. The maximum atomic E-state index is 13.1. The van der Waals surface area contributed by atoms with Crippen LogP contribution in [0.1, 0.15) is 10.5 Å². The van der Waals surface area contributed by atoms with Crippen LogP contribution in [0.15, 0.2) is 67.0 Å². The summed E-state index contributed by atoms with van der Waals surface area (Å²) in [7, 11) is 1.64. The van der Waals surface area contributed by atoms with E-state index >= 15 is 0 Å². The third kappa shape index (κ3) is 3.88. The number of aromatic nitrogens is 3. The molecule has 32 heavy (non-hydrogen) atoms. The number of rotatable bonds is 5. The molecule has 0 bridgehead atoms. The number of nitrogens with zero attached hydrogens (tertiary/aromatic N) is 4. The highest BCUT2D eigenvalue weighted by Gasteiger charge is 2.17. The van der Waals surface area contributed by atoms with E-state index < -0.39 is 0 Å². The van der Waals surface area contributed by atoms with Gasteiger partial charge in [0, 0.05) is 37.9 Å². The van der Waals surface area contributed by atoms with Gasteiger partial charge in [-0.05, 0) is 35.9 Å². The molecule has 2 aromatic carbocycles. The van der Waals surface area contributed by atoms with Gasteiger partial charge in [0.15, 0.2) is 5.65 Å². The Kier molecular flexibility index (Phi) is 5.43. The highest BCUT2D eigenvalue weighted by Crippen LogP contribution is 2.28. The monoisotopic (exact) mass is 428 g/mol. The summed E-state index contributed by atoms with van der Waals surface area (Å²) in [6, 6.07) is 17.3. The SMILES string of the molecule is COc1ccc(-c2cnn3ccc(C(=O)Nc4ccccc4N4CCNCC4)nc23)cc1. The first-order valence-electron chi connectivity index (χ1n) is 10.6. The van der Waals surface area contributed by atoms with Crippen molar-refractivity contribution in [2.24, 2.45) is 0 Å². The van der Waals surface area contributed by atoms with Crippen LogP contribution in [0.25, 0.3) is 16.8 Å². The van der Waals surface area contributed by atoms with Crippen molar-refractivity contribution in [1.29, 1.82) is 0 Å². The predicted octanol–water partition coefficient (Wildman–Crippen LogP) is 3.07. The van der Waals surface area contributed by atoms with Crippen LogP contribution in [0.2, 0.25) is 0 Å². The number of para-hydroxylation sites is 2. The summed E-state index contributed by atoms with van der Waals surface area (Å²) >= 11 is 0. The number of hydrogen-bond acceptors (Lipinski definition) is 6. The van der Waals surface area contributed by atoms with Gasteiger partial charge in [-0.3, -0.25) is 4.79 Å². The number of nitrogens with one attached hydrogen (secondary N) is 2. The minimum Gasteiger partial charge on any atom is -0.497 e. The first-order valence-corrected chi connectivity index (χ1v) is 10.6. The third-order valence-electron chi connectivity index (χ3n) is 5.61. The van der Waals surface area contributed by atoms with Gasteiger partial charge < -0.3 is 20.3 Å². The maximum absolute atomic E-state index is 13.1. The number of benzene rings is 2. The van der Waals surface area contributed by atoms with Crippen LogP contribution in [0.5, 0.6) is 5.75 Å². The molecule has 3 heterocycles. The Morgan fingerprint density at radius 1 is 1.06 bits per heavy atom. The van der Waals surface area contributed by atoms with E-state index in [1.54, 1.807) is 30.1 Å². The van der Waals surface area contributed by atoms with Crippen LogP contribution in [-0.2, 0) is 0 Å². The molecule has 8 nitrogen and oxygen atoms in total. The fraction of sp³-hybridized carbons (Fsp3) is 0.208. The van der Waals surface area contributed by atoms with Crippen molar-refractivity contribution in [2.75, 3.05) is 43.5 Å². The van der Waals surface area contributed by atoms with E-state index in [-0.39, 0.29) is 5.91 Å². The Balaban J connectivity index is 1.43. The molecule has 0 radical (unpaired) electrons. The molecule has 0 aliphatic carbocycles. The van der Waals surface area contributed by atoms with E-state index in [1.807, 2.05) is 48.5 Å². The normalized spacial score (nSPS) is 13.8. The van der Waals surface area contributed by atoms with Crippen LogP contribution in [-0.4, -0.2) is 53.8 Å². The van der Waals surface area contributed by atoms with Crippen molar-refractivity contribution < 1.29 is 9.53 Å². The molecule has 5 rings (SSSR count). The van der Waals surface area contributed by atoms with E-state index in [9.17, 15) is 4.79 Å². The zero-order valence-electron chi connectivity index (χ0n) is 17.8. The molecule has 1 saturated heterocycles. The number of piperazine rings is 1. The minimum atomic E-state index is -0.253. The highest BCUT2D eigenvalue weighted by atomic mass is 16.5. The summed E-state index contributed by atoms with van der Waals surface area (Å²) in [5.74, 6) is 0.526. The Hall–Kier alpha value is -3.91. The standard InChI is InChI=1S/C24H24N6O2/c1-32-18-8-6-17(7-9-18)19-16-26-30-13-10-21(27-23(19)30)24(31)28-20-4-2-3-5-22(20)29-14-11-25-12-15-29/h2-10,13,16,25H,11-12,14-15H2,1H3,(H,28,31). The molecule has 0 unspecified atom stereocenters. The van der Waals surface area contributed by atoms with Crippen molar-refractivity contribution in [2.45, 2.75) is 0 Å². The third-order valence-corrected chi connectivity index (χ3v) is 5.61. The average Bonchev–Trinajstić information content (AvgIpc) is 3.28. The van der Waals surface area contributed by atoms with Gasteiger partial charge in [-0.15, -0.1) is 0 Å². The zero-order chi connectivity index (χ0) is 21.9. The molecule has 0 spiro atoms. The summed E-state index contributed by atoms with van der Waals surface area (Å²) < 4.78 is 6.91. The zero-order valence-corrected chi connectivity index (χ0v) is 17.8. The second-order valence-corrected chi connectivity index (χ2v) is 7.58. The molecule has 1 aliphatic heterocycles. The van der Waals surface area contributed by atoms with Crippen LogP contribution in [0, 0.1) is 0 Å². The molecular formula is C24H24N6O2. The Morgan fingerprint density at radius 2 is 1.84 bits per heavy atom. The van der Waals surface area contributed by atoms with Crippen molar-refractivity contribution in [3.8, 4) is 16.9 Å². The molecule has 2 aromatic heterocycles. The fourth-order valence-electron chi connectivity index (χ4n) is 3.92. The molecule has 1 aliphatic rings. The Morgan fingerprint density at radius 3 is 2.62 bits per heavy atom. The van der Waals surface area contributed by atoms with Gasteiger partial charge in [0.2, 0.25) is 0 Å². The van der Waals surface area contributed by atoms with E-state index in [2.05, 4.69) is 25.6 Å². The molecular weight excluding hydrogens is 404 g/mol. The van der Waals surface area contributed by atoms with Crippen LogP contribution in [0.3, 0.4) is 0 Å². The number of amides is 1. The van der Waals surface area contributed by atoms with Crippen LogP contribution >= 0.6 is 0 Å². The number of hydrogen-bond donors (Lipinski definition) is 2. The van der Waals surface area contributed by atoms with Gasteiger partial charge in [0.25, 0.3) is 5.91 Å². The molecule has 1 fully saturated rings. The highest BCUT2D eigenvalue weighted by molar-refractivity contribution is 6.05. The van der Waals surface area contributed by atoms with E-state index in [0.717, 1.165) is 54.4 Å². The molecule has 2 N–H and O–H groups in total. The molecule has 162 valence electrons. The summed E-state index contributed by atoms with van der Waals surface area (Å²) in [6.07, 6.45) is 3.51. The first-order chi connectivity index (χ1) is 15.7. The van der Waals surface area contributed by atoms with Gasteiger partial charge in [0.05, 0.1) is 24.7 Å². The second-order valence-electron chi connectivity index (χ2n) is 7.58. The number of ether oxygens (including phenoxy) is 1. The van der Waals surface area contributed by atoms with Gasteiger partial charge in [-0.1, -0.05) is 24.3 Å². The Bertz CT molecular complexity index is 1250. The number of methoxy groups -OCH3 is 1. The first kappa shape index (κ1) is 20.0. The van der Waals surface area contributed by atoms with Crippen molar-refractivity contribution in [1.82, 2.24) is 19.9 Å². The van der Waals surface area contributed by atoms with Crippen molar-refractivity contribution in [3.63, 3.8) is 0 Å². The number of carbonyl (C=O) groups excluding carboxylic acids is 1.